The molecule has 0 saturated carbocycles. The molecule has 0 radical (unpaired) electrons. The number of ether oxygens (including phenoxy) is 1. The van der Waals surface area contributed by atoms with E-state index in [-0.39, 0.29) is 24.2 Å². The van der Waals surface area contributed by atoms with Crippen LogP contribution in [0.1, 0.15) is 46.0 Å². The largest absolute Gasteiger partial charge is 0.465 e. The molecule has 0 fully saturated rings. The van der Waals surface area contributed by atoms with Crippen LogP contribution in [0, 0.1) is 0 Å². The van der Waals surface area contributed by atoms with Crippen molar-refractivity contribution >= 4 is 5.97 Å². The number of carbonyl (C=O) groups is 1. The van der Waals surface area contributed by atoms with Gasteiger partial charge in [-0.25, -0.2) is 0 Å². The van der Waals surface area contributed by atoms with E-state index in [9.17, 15) is 4.79 Å². The second kappa shape index (κ2) is 12.4. The maximum atomic E-state index is 11.4. The Hall–Kier alpha value is -0.650. The first kappa shape index (κ1) is 17.7. The van der Waals surface area contributed by atoms with Crippen LogP contribution in [-0.2, 0) is 9.53 Å². The average molecular weight is 235 g/mol. The fraction of sp³-hybridized carbons (Fsp3) is 0.909. The van der Waals surface area contributed by atoms with Crippen molar-refractivity contribution in [1.82, 2.24) is 5.32 Å². The van der Waals surface area contributed by atoms with Gasteiger partial charge in [0.2, 0.25) is 0 Å². The van der Waals surface area contributed by atoms with Crippen molar-refractivity contribution in [3.63, 3.8) is 0 Å². The van der Waals surface area contributed by atoms with E-state index in [1.807, 2.05) is 0 Å². The number of aliphatic hydroxyl groups excluding tert-OH is 1. The van der Waals surface area contributed by atoms with Crippen molar-refractivity contribution in [3.05, 3.63) is 0 Å². The van der Waals surface area contributed by atoms with E-state index in [4.69, 9.17) is 9.84 Å². The molecule has 0 rings (SSSR count). The van der Waals surface area contributed by atoms with Crippen molar-refractivity contribution < 1.29 is 20.1 Å². The normalized spacial score (nSPS) is 11.7. The first-order valence-electron chi connectivity index (χ1n) is 5.77. The number of carbonyl (C=O) groups excluding carboxylic acids is 1. The molecule has 16 heavy (non-hydrogen) atoms. The van der Waals surface area contributed by atoms with E-state index in [1.165, 1.54) is 12.8 Å². The van der Waals surface area contributed by atoms with E-state index < -0.39 is 0 Å². The van der Waals surface area contributed by atoms with Crippen molar-refractivity contribution in [2.45, 2.75) is 52.0 Å². The summed E-state index contributed by atoms with van der Waals surface area (Å²) in [6.07, 6.45) is 5.22. The van der Waals surface area contributed by atoms with Crippen molar-refractivity contribution in [2.24, 2.45) is 0 Å². The Morgan fingerprint density at radius 2 is 2.00 bits per heavy atom. The molecule has 4 N–H and O–H groups in total. The SMILES string of the molecule is CCCCCCC(NCO)C(=O)OCC.O. The van der Waals surface area contributed by atoms with Gasteiger partial charge in [0.15, 0.2) is 0 Å². The number of nitrogens with one attached hydrogen (secondary N) is 1. The van der Waals surface area contributed by atoms with Crippen molar-refractivity contribution in [3.8, 4) is 0 Å². The summed E-state index contributed by atoms with van der Waals surface area (Å²) in [5.41, 5.74) is 0. The lowest BCUT2D eigenvalue weighted by Gasteiger charge is -2.15. The summed E-state index contributed by atoms with van der Waals surface area (Å²) in [4.78, 5) is 11.4. The third-order valence-corrected chi connectivity index (χ3v) is 2.26. The van der Waals surface area contributed by atoms with E-state index >= 15 is 0 Å². The van der Waals surface area contributed by atoms with Gasteiger partial charge in [-0.2, -0.15) is 0 Å². The zero-order chi connectivity index (χ0) is 11.5. The smallest absolute Gasteiger partial charge is 0.323 e. The molecular weight excluding hydrogens is 210 g/mol. The molecule has 5 heteroatoms. The Kier molecular flexibility index (Phi) is 13.8. The fourth-order valence-corrected chi connectivity index (χ4v) is 1.43. The highest BCUT2D eigenvalue weighted by atomic mass is 16.5. The lowest BCUT2D eigenvalue weighted by atomic mass is 10.1. The Morgan fingerprint density at radius 3 is 2.50 bits per heavy atom. The van der Waals surface area contributed by atoms with Gasteiger partial charge in [-0.15, -0.1) is 0 Å². The minimum atomic E-state index is -0.355. The predicted molar refractivity (Wildman–Crippen MR) is 63.0 cm³/mol. The van der Waals surface area contributed by atoms with E-state index in [0.29, 0.717) is 6.61 Å². The first-order chi connectivity index (χ1) is 7.26. The molecular formula is C11H25NO4. The van der Waals surface area contributed by atoms with Gasteiger partial charge in [-0.05, 0) is 13.3 Å². The highest BCUT2D eigenvalue weighted by Crippen LogP contribution is 2.06. The summed E-state index contributed by atoms with van der Waals surface area (Å²) in [5, 5.41) is 11.5. The standard InChI is InChI=1S/C11H23NO3.H2O/c1-3-5-6-7-8-10(12-9-13)11(14)15-4-2;/h10,12-13H,3-9H2,1-2H3;1H2. The summed E-state index contributed by atoms with van der Waals surface area (Å²) in [6.45, 7) is 4.13. The third-order valence-electron chi connectivity index (χ3n) is 2.26. The molecule has 1 unspecified atom stereocenters. The van der Waals surface area contributed by atoms with Gasteiger partial charge in [0.25, 0.3) is 0 Å². The maximum Gasteiger partial charge on any atom is 0.323 e. The average Bonchev–Trinajstić information content (AvgIpc) is 2.23. The molecule has 0 heterocycles. The van der Waals surface area contributed by atoms with Crippen molar-refractivity contribution in [1.29, 1.82) is 0 Å². The summed E-state index contributed by atoms with van der Waals surface area (Å²) < 4.78 is 4.90. The number of aliphatic hydroxyl groups is 1. The van der Waals surface area contributed by atoms with Crippen LogP contribution in [0.25, 0.3) is 0 Å². The Balaban J connectivity index is 0. The fourth-order valence-electron chi connectivity index (χ4n) is 1.43. The highest BCUT2D eigenvalue weighted by molar-refractivity contribution is 5.75. The van der Waals surface area contributed by atoms with E-state index in [0.717, 1.165) is 19.3 Å². The summed E-state index contributed by atoms with van der Waals surface area (Å²) in [5.74, 6) is -0.261. The number of unbranched alkanes of at least 4 members (excludes halogenated alkanes) is 3. The molecule has 1 atom stereocenters. The van der Waals surface area contributed by atoms with Gasteiger partial charge in [0, 0.05) is 0 Å². The Bertz CT molecular complexity index is 164. The van der Waals surface area contributed by atoms with Crippen LogP contribution in [0.4, 0.5) is 0 Å². The van der Waals surface area contributed by atoms with Gasteiger partial charge in [0.05, 0.1) is 13.3 Å². The van der Waals surface area contributed by atoms with Crippen molar-refractivity contribution in [2.75, 3.05) is 13.3 Å². The lowest BCUT2D eigenvalue weighted by molar-refractivity contribution is -0.146. The molecule has 0 aliphatic heterocycles. The van der Waals surface area contributed by atoms with Crippen LogP contribution >= 0.6 is 0 Å². The second-order valence-electron chi connectivity index (χ2n) is 3.52. The highest BCUT2D eigenvalue weighted by Gasteiger charge is 2.17. The summed E-state index contributed by atoms with van der Waals surface area (Å²) >= 11 is 0. The lowest BCUT2D eigenvalue weighted by Crippen LogP contribution is -2.38. The van der Waals surface area contributed by atoms with Gasteiger partial charge in [-0.1, -0.05) is 32.6 Å². The third kappa shape index (κ3) is 8.64. The Morgan fingerprint density at radius 1 is 1.31 bits per heavy atom. The van der Waals surface area contributed by atoms with Gasteiger partial charge in [-0.3, -0.25) is 10.1 Å². The number of rotatable bonds is 9. The number of hydrogen-bond acceptors (Lipinski definition) is 4. The molecule has 0 bridgehead atoms. The topological polar surface area (TPSA) is 90.1 Å². The van der Waals surface area contributed by atoms with Crippen LogP contribution in [0.15, 0.2) is 0 Å². The molecule has 0 aromatic heterocycles. The molecule has 0 aromatic rings. The number of hydrogen-bond donors (Lipinski definition) is 2. The maximum absolute atomic E-state index is 11.4. The zero-order valence-corrected chi connectivity index (χ0v) is 10.3. The molecule has 0 aliphatic rings. The first-order valence-corrected chi connectivity index (χ1v) is 5.77. The van der Waals surface area contributed by atoms with Gasteiger partial charge >= 0.3 is 5.97 Å². The predicted octanol–water partition coefficient (Wildman–Crippen LogP) is 0.603. The van der Waals surface area contributed by atoms with E-state index in [1.54, 1.807) is 6.92 Å². The molecule has 98 valence electrons. The van der Waals surface area contributed by atoms with Crippen LogP contribution in [-0.4, -0.2) is 35.9 Å². The molecule has 0 aliphatic carbocycles. The zero-order valence-electron chi connectivity index (χ0n) is 10.3. The van der Waals surface area contributed by atoms with Crippen LogP contribution < -0.4 is 5.32 Å². The minimum Gasteiger partial charge on any atom is -0.465 e. The van der Waals surface area contributed by atoms with Crippen LogP contribution in [0.2, 0.25) is 0 Å². The van der Waals surface area contributed by atoms with E-state index in [2.05, 4.69) is 12.2 Å². The Labute approximate surface area is 97.5 Å². The van der Waals surface area contributed by atoms with Crippen LogP contribution in [0.3, 0.4) is 0 Å². The monoisotopic (exact) mass is 235 g/mol. The molecule has 0 aromatic carbocycles. The second-order valence-corrected chi connectivity index (χ2v) is 3.52. The number of esters is 1. The summed E-state index contributed by atoms with van der Waals surface area (Å²) in [7, 11) is 0. The molecule has 0 saturated heterocycles. The molecule has 0 spiro atoms. The molecule has 5 nitrogen and oxygen atoms in total. The van der Waals surface area contributed by atoms with Crippen LogP contribution in [0.5, 0.6) is 0 Å². The van der Waals surface area contributed by atoms with Gasteiger partial charge < -0.3 is 15.3 Å². The summed E-state index contributed by atoms with van der Waals surface area (Å²) in [6, 6.07) is -0.355. The minimum absolute atomic E-state index is 0. The quantitative estimate of drug-likeness (QED) is 0.348. The molecule has 0 amide bonds. The van der Waals surface area contributed by atoms with Gasteiger partial charge in [0.1, 0.15) is 6.04 Å².